The minimum atomic E-state index is -0.998. The fraction of sp³-hybridized carbons (Fsp3) is 0.844. The molecule has 12 atom stereocenters. The summed E-state index contributed by atoms with van der Waals surface area (Å²) in [6, 6.07) is 0. The van der Waals surface area contributed by atoms with Gasteiger partial charge in [-0.1, -0.05) is 13.8 Å². The highest BCUT2D eigenvalue weighted by atomic mass is 16.7. The summed E-state index contributed by atoms with van der Waals surface area (Å²) in [5.41, 5.74) is -0.594. The minimum absolute atomic E-state index is 0.0300. The molecule has 6 aliphatic rings. The van der Waals surface area contributed by atoms with Crippen LogP contribution in [-0.4, -0.2) is 72.9 Å². The lowest BCUT2D eigenvalue weighted by molar-refractivity contribution is -0.244. The largest absolute Gasteiger partial charge is 0.462 e. The van der Waals surface area contributed by atoms with Crippen LogP contribution >= 0.6 is 0 Å². The first-order chi connectivity index (χ1) is 19.4. The highest BCUT2D eigenvalue weighted by Crippen LogP contribution is 2.70. The van der Waals surface area contributed by atoms with Crippen molar-refractivity contribution in [2.24, 2.45) is 34.5 Å². The molecule has 4 saturated carbocycles. The fourth-order valence-corrected chi connectivity index (χ4v) is 10.3. The van der Waals surface area contributed by atoms with E-state index < -0.39 is 35.6 Å². The minimum Gasteiger partial charge on any atom is -0.462 e. The molecule has 1 unspecified atom stereocenters. The maximum atomic E-state index is 12.7. The van der Waals surface area contributed by atoms with E-state index in [2.05, 4.69) is 13.8 Å². The van der Waals surface area contributed by atoms with Crippen molar-refractivity contribution in [1.29, 1.82) is 0 Å². The summed E-state index contributed by atoms with van der Waals surface area (Å²) in [7, 11) is 1.56. The van der Waals surface area contributed by atoms with Gasteiger partial charge in [0.05, 0.1) is 11.7 Å². The topological polar surface area (TPSA) is 118 Å². The molecular weight excluding hydrogens is 528 g/mol. The normalized spacial score (nSPS) is 49.4. The summed E-state index contributed by atoms with van der Waals surface area (Å²) in [6.45, 7) is 7.93. The zero-order chi connectivity index (χ0) is 29.3. The van der Waals surface area contributed by atoms with Crippen LogP contribution < -0.4 is 0 Å². The van der Waals surface area contributed by atoms with Gasteiger partial charge in [-0.3, -0.25) is 9.59 Å². The third-order valence-corrected chi connectivity index (χ3v) is 12.3. The lowest BCUT2D eigenvalue weighted by atomic mass is 9.43. The van der Waals surface area contributed by atoms with Gasteiger partial charge in [0, 0.05) is 44.3 Å². The standard InChI is InChI=1S/C32H46O9/c1-17-29(35)24(37-5)14-27(39-17)41-21-8-10-30(3)20(13-21)6-7-23-22(30)9-11-31(4)28(19-12-26(34)38-16-19)25(40-18(2)33)15-32(23,31)36/h12,17,20-25,27-28,36H,6-11,13-16H2,1-5H3/t17-,20-,21+,22+,23-,24+,25+,27?,28+,30+,31-,32+/m1/s1. The van der Waals surface area contributed by atoms with Crippen LogP contribution in [0.2, 0.25) is 0 Å². The average Bonchev–Trinajstić information content (AvgIpc) is 3.42. The predicted molar refractivity (Wildman–Crippen MR) is 146 cm³/mol. The molecule has 1 saturated heterocycles. The van der Waals surface area contributed by atoms with Gasteiger partial charge in [0.25, 0.3) is 0 Å². The monoisotopic (exact) mass is 574 g/mol. The summed E-state index contributed by atoms with van der Waals surface area (Å²) in [6.07, 6.45) is 7.08. The van der Waals surface area contributed by atoms with Gasteiger partial charge in [0.1, 0.15) is 24.9 Å². The number of ether oxygens (including phenoxy) is 5. The lowest BCUT2D eigenvalue weighted by Gasteiger charge is -2.63. The Morgan fingerprint density at radius 2 is 1.85 bits per heavy atom. The molecule has 0 amide bonds. The summed E-state index contributed by atoms with van der Waals surface area (Å²) >= 11 is 0. The second-order valence-electron chi connectivity index (χ2n) is 14.1. The number of hydrogen-bond acceptors (Lipinski definition) is 9. The third-order valence-electron chi connectivity index (χ3n) is 12.3. The van der Waals surface area contributed by atoms with Crippen LogP contribution in [0, 0.1) is 34.5 Å². The Kier molecular flexibility index (Phi) is 7.44. The summed E-state index contributed by atoms with van der Waals surface area (Å²) in [5.74, 6) is -0.0666. The summed E-state index contributed by atoms with van der Waals surface area (Å²) in [5, 5.41) is 12.7. The number of esters is 2. The number of hydrogen-bond donors (Lipinski definition) is 1. The lowest BCUT2D eigenvalue weighted by Crippen LogP contribution is -2.62. The summed E-state index contributed by atoms with van der Waals surface area (Å²) in [4.78, 5) is 36.4. The van der Waals surface area contributed by atoms with Crippen LogP contribution in [0.5, 0.6) is 0 Å². The number of methoxy groups -OCH3 is 1. The molecular formula is C32H46O9. The Bertz CT molecular complexity index is 1120. The predicted octanol–water partition coefficient (Wildman–Crippen LogP) is 3.89. The molecule has 2 aliphatic heterocycles. The second-order valence-corrected chi connectivity index (χ2v) is 14.1. The maximum Gasteiger partial charge on any atom is 0.331 e. The van der Waals surface area contributed by atoms with Crippen molar-refractivity contribution in [3.05, 3.63) is 11.6 Å². The van der Waals surface area contributed by atoms with Crippen LogP contribution in [0.4, 0.5) is 0 Å². The average molecular weight is 575 g/mol. The van der Waals surface area contributed by atoms with Crippen molar-refractivity contribution < 1.29 is 43.2 Å². The van der Waals surface area contributed by atoms with Gasteiger partial charge in [-0.05, 0) is 80.6 Å². The number of aliphatic hydroxyl groups is 1. The molecule has 41 heavy (non-hydrogen) atoms. The number of ketones is 1. The van der Waals surface area contributed by atoms with E-state index in [1.807, 2.05) is 0 Å². The Morgan fingerprint density at radius 1 is 1.07 bits per heavy atom. The van der Waals surface area contributed by atoms with Crippen LogP contribution in [0.3, 0.4) is 0 Å². The molecule has 0 bridgehead atoms. The Morgan fingerprint density at radius 3 is 2.54 bits per heavy atom. The van der Waals surface area contributed by atoms with Crippen LogP contribution in [0.15, 0.2) is 11.6 Å². The molecule has 1 N–H and O–H groups in total. The Labute approximate surface area is 242 Å². The molecule has 0 aromatic rings. The molecule has 4 aliphatic carbocycles. The van der Waals surface area contributed by atoms with Gasteiger partial charge < -0.3 is 28.8 Å². The van der Waals surface area contributed by atoms with Crippen molar-refractivity contribution in [3.8, 4) is 0 Å². The zero-order valence-corrected chi connectivity index (χ0v) is 25.1. The molecule has 5 fully saturated rings. The fourth-order valence-electron chi connectivity index (χ4n) is 10.3. The zero-order valence-electron chi connectivity index (χ0n) is 25.1. The molecule has 9 heteroatoms. The van der Waals surface area contributed by atoms with Gasteiger partial charge in [-0.25, -0.2) is 4.79 Å². The van der Waals surface area contributed by atoms with Gasteiger partial charge in [-0.2, -0.15) is 0 Å². The number of fused-ring (bicyclic) bond motifs is 5. The van der Waals surface area contributed by atoms with Crippen molar-refractivity contribution >= 4 is 17.7 Å². The van der Waals surface area contributed by atoms with Crippen molar-refractivity contribution in [2.75, 3.05) is 13.7 Å². The number of Topliss-reactive ketones (excluding diaryl/α,β-unsaturated/α-hetero) is 1. The van der Waals surface area contributed by atoms with E-state index in [9.17, 15) is 19.5 Å². The van der Waals surface area contributed by atoms with Crippen molar-refractivity contribution in [2.45, 2.75) is 122 Å². The van der Waals surface area contributed by atoms with Crippen LogP contribution in [-0.2, 0) is 38.1 Å². The SMILES string of the molecule is CO[C@H]1CC(O[C@H]2CC[C@@]3(C)[C@H](CC[C@@H]4[C@@H]3CC[C@]3(C)[C@@H](C5=CC(=O)OC5)[C@@H](OC(C)=O)C[C@]43O)C2)O[C@H](C)C1=O. The number of carbonyl (C=O) groups excluding carboxylic acids is 3. The van der Waals surface area contributed by atoms with Crippen LogP contribution in [0.25, 0.3) is 0 Å². The first-order valence-electron chi connectivity index (χ1n) is 15.5. The first kappa shape index (κ1) is 29.3. The summed E-state index contributed by atoms with van der Waals surface area (Å²) < 4.78 is 28.9. The van der Waals surface area contributed by atoms with E-state index in [1.165, 1.54) is 6.92 Å². The van der Waals surface area contributed by atoms with E-state index in [0.29, 0.717) is 24.7 Å². The molecule has 6 rings (SSSR count). The van der Waals surface area contributed by atoms with Gasteiger partial charge >= 0.3 is 11.9 Å². The van der Waals surface area contributed by atoms with Gasteiger partial charge in [-0.15, -0.1) is 0 Å². The molecule has 2 heterocycles. The quantitative estimate of drug-likeness (QED) is 0.385. The highest BCUT2D eigenvalue weighted by molar-refractivity contribution is 5.87. The first-order valence-corrected chi connectivity index (χ1v) is 15.5. The highest BCUT2D eigenvalue weighted by Gasteiger charge is 2.71. The van der Waals surface area contributed by atoms with E-state index in [-0.39, 0.29) is 47.7 Å². The van der Waals surface area contributed by atoms with E-state index in [1.54, 1.807) is 20.1 Å². The number of rotatable bonds is 5. The van der Waals surface area contributed by atoms with Crippen molar-refractivity contribution in [1.82, 2.24) is 0 Å². The van der Waals surface area contributed by atoms with Crippen LogP contribution in [0.1, 0.15) is 85.5 Å². The Balaban J connectivity index is 1.20. The smallest absolute Gasteiger partial charge is 0.331 e. The maximum absolute atomic E-state index is 12.7. The number of cyclic esters (lactones) is 1. The Hall–Kier alpha value is -1.81. The number of carbonyl (C=O) groups is 3. The van der Waals surface area contributed by atoms with Gasteiger partial charge in [0.15, 0.2) is 12.1 Å². The molecule has 0 spiro atoms. The second kappa shape index (κ2) is 10.4. The van der Waals surface area contributed by atoms with Crippen molar-refractivity contribution in [3.63, 3.8) is 0 Å². The molecule has 0 radical (unpaired) electrons. The molecule has 0 aromatic carbocycles. The van der Waals surface area contributed by atoms with E-state index in [0.717, 1.165) is 50.5 Å². The molecule has 0 aromatic heterocycles. The molecule has 9 nitrogen and oxygen atoms in total. The molecule has 228 valence electrons. The van der Waals surface area contributed by atoms with E-state index in [4.69, 9.17) is 23.7 Å². The third kappa shape index (κ3) is 4.61. The van der Waals surface area contributed by atoms with E-state index >= 15 is 0 Å². The van der Waals surface area contributed by atoms with Gasteiger partial charge in [0.2, 0.25) is 0 Å².